The number of hydrogen-bond donors (Lipinski definition) is 1. The molecule has 1 N–H and O–H groups in total. The first-order valence-electron chi connectivity index (χ1n) is 9.00. The van der Waals surface area contributed by atoms with Crippen LogP contribution in [0.5, 0.6) is 0 Å². The summed E-state index contributed by atoms with van der Waals surface area (Å²) < 4.78 is 32.8. The largest absolute Gasteiger partial charge is 0.381 e. The molecule has 8 heteroatoms. The third kappa shape index (κ3) is 4.63. The Morgan fingerprint density at radius 2 is 1.82 bits per heavy atom. The minimum atomic E-state index is -3.73. The van der Waals surface area contributed by atoms with Gasteiger partial charge in [-0.2, -0.15) is 4.31 Å². The number of benzene rings is 2. The molecule has 1 aliphatic heterocycles. The van der Waals surface area contributed by atoms with Crippen LogP contribution in [0.4, 0.5) is 0 Å². The first-order chi connectivity index (χ1) is 13.3. The van der Waals surface area contributed by atoms with Crippen molar-refractivity contribution in [3.63, 3.8) is 0 Å². The van der Waals surface area contributed by atoms with Crippen molar-refractivity contribution in [3.05, 3.63) is 64.6 Å². The molecule has 0 spiro atoms. The first-order valence-corrected chi connectivity index (χ1v) is 11.2. The molecule has 2 aromatic rings. The monoisotopic (exact) mass is 466 g/mol. The van der Waals surface area contributed by atoms with Crippen LogP contribution in [0, 0.1) is 0 Å². The standard InChI is InChI=1S/C20H23BrN2O4S/c1-23(28(25,26)18-8-3-2-4-9-18)15-19(24)22-20(10-12-27-13-11-20)16-6-5-7-17(21)14-16/h2-9,14H,10-13,15H2,1H3,(H,22,24). The third-order valence-electron chi connectivity index (χ3n) is 4.92. The molecule has 3 rings (SSSR count). The summed E-state index contributed by atoms with van der Waals surface area (Å²) in [7, 11) is -2.31. The van der Waals surface area contributed by atoms with Gasteiger partial charge < -0.3 is 10.1 Å². The maximum Gasteiger partial charge on any atom is 0.243 e. The molecule has 0 atom stereocenters. The third-order valence-corrected chi connectivity index (χ3v) is 7.23. The summed E-state index contributed by atoms with van der Waals surface area (Å²) in [5.41, 5.74) is 0.406. The van der Waals surface area contributed by atoms with Gasteiger partial charge in [-0.15, -0.1) is 0 Å². The van der Waals surface area contributed by atoms with E-state index in [-0.39, 0.29) is 17.3 Å². The van der Waals surface area contributed by atoms with Crippen LogP contribution in [0.3, 0.4) is 0 Å². The van der Waals surface area contributed by atoms with Crippen molar-refractivity contribution in [2.24, 2.45) is 0 Å². The predicted molar refractivity (Wildman–Crippen MR) is 110 cm³/mol. The van der Waals surface area contributed by atoms with Gasteiger partial charge in [0, 0.05) is 24.7 Å². The Bertz CT molecular complexity index is 928. The summed E-state index contributed by atoms with van der Waals surface area (Å²) in [6, 6.07) is 15.9. The number of amides is 1. The molecule has 0 bridgehead atoms. The minimum Gasteiger partial charge on any atom is -0.381 e. The van der Waals surface area contributed by atoms with E-state index in [1.54, 1.807) is 18.2 Å². The van der Waals surface area contributed by atoms with E-state index < -0.39 is 15.6 Å². The number of likely N-dealkylation sites (N-methyl/N-ethyl adjacent to an activating group) is 1. The Morgan fingerprint density at radius 1 is 1.14 bits per heavy atom. The SMILES string of the molecule is CN(CC(=O)NC1(c2cccc(Br)c2)CCOCC1)S(=O)(=O)c1ccccc1. The van der Waals surface area contributed by atoms with Crippen molar-refractivity contribution < 1.29 is 17.9 Å². The molecule has 28 heavy (non-hydrogen) atoms. The Balaban J connectivity index is 1.77. The molecule has 1 aliphatic rings. The fraction of sp³-hybridized carbons (Fsp3) is 0.350. The summed E-state index contributed by atoms with van der Waals surface area (Å²) in [4.78, 5) is 13.0. The number of nitrogens with zero attached hydrogens (tertiary/aromatic N) is 1. The van der Waals surface area contributed by atoms with Gasteiger partial charge in [-0.25, -0.2) is 8.42 Å². The van der Waals surface area contributed by atoms with Crippen LogP contribution in [-0.2, 0) is 25.1 Å². The summed E-state index contributed by atoms with van der Waals surface area (Å²) in [6.07, 6.45) is 1.26. The summed E-state index contributed by atoms with van der Waals surface area (Å²) in [5.74, 6) is -0.344. The van der Waals surface area contributed by atoms with Crippen molar-refractivity contribution in [1.29, 1.82) is 0 Å². The summed E-state index contributed by atoms with van der Waals surface area (Å²) >= 11 is 3.48. The van der Waals surface area contributed by atoms with E-state index in [0.717, 1.165) is 14.3 Å². The first kappa shape index (κ1) is 21.0. The number of ether oxygens (including phenoxy) is 1. The second-order valence-corrected chi connectivity index (χ2v) is 9.79. The van der Waals surface area contributed by atoms with Crippen molar-refractivity contribution in [3.8, 4) is 0 Å². The Kier molecular flexibility index (Phi) is 6.54. The number of rotatable bonds is 6. The van der Waals surface area contributed by atoms with Gasteiger partial charge in [-0.1, -0.05) is 46.3 Å². The Morgan fingerprint density at radius 3 is 2.46 bits per heavy atom. The molecular weight excluding hydrogens is 444 g/mol. The lowest BCUT2D eigenvalue weighted by Gasteiger charge is -2.39. The van der Waals surface area contributed by atoms with Gasteiger partial charge in [0.15, 0.2) is 0 Å². The lowest BCUT2D eigenvalue weighted by molar-refractivity contribution is -0.124. The van der Waals surface area contributed by atoms with Gasteiger partial charge >= 0.3 is 0 Å². The highest BCUT2D eigenvalue weighted by Crippen LogP contribution is 2.33. The minimum absolute atomic E-state index is 0.165. The Hall–Kier alpha value is -1.74. The van der Waals surface area contributed by atoms with Gasteiger partial charge in [0.1, 0.15) is 0 Å². The van der Waals surface area contributed by atoms with Crippen LogP contribution in [-0.4, -0.2) is 45.4 Å². The summed E-state index contributed by atoms with van der Waals surface area (Å²) in [5, 5.41) is 3.08. The van der Waals surface area contributed by atoms with Crippen LogP contribution < -0.4 is 5.32 Å². The van der Waals surface area contributed by atoms with E-state index in [2.05, 4.69) is 21.2 Å². The molecule has 1 amide bonds. The predicted octanol–water partition coefficient (Wildman–Crippen LogP) is 2.89. The van der Waals surface area contributed by atoms with E-state index in [1.165, 1.54) is 19.2 Å². The van der Waals surface area contributed by atoms with E-state index in [0.29, 0.717) is 26.1 Å². The number of halogens is 1. The van der Waals surface area contributed by atoms with Gasteiger partial charge in [-0.05, 0) is 42.7 Å². The number of carbonyl (C=O) groups is 1. The lowest BCUT2D eigenvalue weighted by Crippen LogP contribution is -2.52. The van der Waals surface area contributed by atoms with Gasteiger partial charge in [0.25, 0.3) is 0 Å². The molecule has 2 aromatic carbocycles. The van der Waals surface area contributed by atoms with Crippen molar-refractivity contribution in [2.45, 2.75) is 23.3 Å². The molecule has 1 heterocycles. The van der Waals surface area contributed by atoms with E-state index in [1.807, 2.05) is 24.3 Å². The van der Waals surface area contributed by atoms with Gasteiger partial charge in [0.05, 0.1) is 17.0 Å². The van der Waals surface area contributed by atoms with Crippen molar-refractivity contribution >= 4 is 31.9 Å². The fourth-order valence-corrected chi connectivity index (χ4v) is 4.91. The molecule has 0 unspecified atom stereocenters. The van der Waals surface area contributed by atoms with Crippen LogP contribution in [0.1, 0.15) is 18.4 Å². The van der Waals surface area contributed by atoms with Gasteiger partial charge in [0.2, 0.25) is 15.9 Å². The van der Waals surface area contributed by atoms with Crippen LogP contribution >= 0.6 is 15.9 Å². The second kappa shape index (κ2) is 8.73. The van der Waals surface area contributed by atoms with Crippen molar-refractivity contribution in [2.75, 3.05) is 26.8 Å². The zero-order valence-electron chi connectivity index (χ0n) is 15.6. The molecule has 0 aromatic heterocycles. The zero-order chi connectivity index (χ0) is 20.2. The molecule has 1 fully saturated rings. The maximum absolute atomic E-state index is 12.8. The topological polar surface area (TPSA) is 75.7 Å². The average Bonchev–Trinajstić information content (AvgIpc) is 2.69. The normalized spacial score (nSPS) is 16.7. The van der Waals surface area contributed by atoms with Crippen LogP contribution in [0.2, 0.25) is 0 Å². The quantitative estimate of drug-likeness (QED) is 0.709. The molecular formula is C20H23BrN2O4S. The highest BCUT2D eigenvalue weighted by atomic mass is 79.9. The van der Waals surface area contributed by atoms with Gasteiger partial charge in [-0.3, -0.25) is 4.79 Å². The highest BCUT2D eigenvalue weighted by molar-refractivity contribution is 9.10. The number of carbonyl (C=O) groups excluding carboxylic acids is 1. The maximum atomic E-state index is 12.8. The number of nitrogens with one attached hydrogen (secondary N) is 1. The molecule has 6 nitrogen and oxygen atoms in total. The Labute approximate surface area is 174 Å². The van der Waals surface area contributed by atoms with E-state index in [9.17, 15) is 13.2 Å². The van der Waals surface area contributed by atoms with E-state index >= 15 is 0 Å². The fourth-order valence-electron chi connectivity index (χ4n) is 3.36. The van der Waals surface area contributed by atoms with Crippen molar-refractivity contribution in [1.82, 2.24) is 9.62 Å². The molecule has 1 saturated heterocycles. The highest BCUT2D eigenvalue weighted by Gasteiger charge is 2.36. The molecule has 150 valence electrons. The number of hydrogen-bond acceptors (Lipinski definition) is 4. The molecule has 0 radical (unpaired) electrons. The summed E-state index contributed by atoms with van der Waals surface area (Å²) in [6.45, 7) is 0.809. The average molecular weight is 467 g/mol. The second-order valence-electron chi connectivity index (χ2n) is 6.83. The van der Waals surface area contributed by atoms with E-state index in [4.69, 9.17) is 4.74 Å². The smallest absolute Gasteiger partial charge is 0.243 e. The number of sulfonamides is 1. The van der Waals surface area contributed by atoms with Crippen LogP contribution in [0.25, 0.3) is 0 Å². The molecule has 0 saturated carbocycles. The van der Waals surface area contributed by atoms with Crippen LogP contribution in [0.15, 0.2) is 64.0 Å². The lowest BCUT2D eigenvalue weighted by atomic mass is 9.82. The molecule has 0 aliphatic carbocycles. The zero-order valence-corrected chi connectivity index (χ0v) is 18.0.